The fourth-order valence-electron chi connectivity index (χ4n) is 2.13. The second-order valence-electron chi connectivity index (χ2n) is 6.14. The highest BCUT2D eigenvalue weighted by Crippen LogP contribution is 2.35. The lowest BCUT2D eigenvalue weighted by Crippen LogP contribution is -2.12. The van der Waals surface area contributed by atoms with E-state index in [1.165, 1.54) is 18.2 Å². The van der Waals surface area contributed by atoms with Gasteiger partial charge < -0.3 is 4.74 Å². The molecule has 0 heterocycles. The fourth-order valence-corrected chi connectivity index (χ4v) is 2.13. The van der Waals surface area contributed by atoms with E-state index in [2.05, 4.69) is 26.8 Å². The second-order valence-corrected chi connectivity index (χ2v) is 6.14. The Morgan fingerprint density at radius 2 is 1.81 bits per heavy atom. The van der Waals surface area contributed by atoms with Gasteiger partial charge in [0.25, 0.3) is 0 Å². The van der Waals surface area contributed by atoms with Gasteiger partial charge in [0.15, 0.2) is 0 Å². The zero-order valence-corrected chi connectivity index (χ0v) is 12.7. The van der Waals surface area contributed by atoms with Gasteiger partial charge >= 0.3 is 0 Å². The van der Waals surface area contributed by atoms with E-state index in [0.717, 1.165) is 11.1 Å². The zero-order chi connectivity index (χ0) is 15.6. The SMILES string of the molecule is Cc1ccc(Oc2cc(F)cc(C#N)c2)c(C(C)(C)C)c1. The van der Waals surface area contributed by atoms with E-state index in [-0.39, 0.29) is 11.0 Å². The normalized spacial score (nSPS) is 11.0. The minimum atomic E-state index is -0.478. The average Bonchev–Trinajstić information content (AvgIpc) is 2.39. The van der Waals surface area contributed by atoms with Crippen LogP contribution in [0.5, 0.6) is 11.5 Å². The number of benzene rings is 2. The van der Waals surface area contributed by atoms with Crippen LogP contribution in [0.15, 0.2) is 36.4 Å². The van der Waals surface area contributed by atoms with Gasteiger partial charge in [-0.1, -0.05) is 38.5 Å². The zero-order valence-electron chi connectivity index (χ0n) is 12.7. The van der Waals surface area contributed by atoms with Crippen LogP contribution in [0.3, 0.4) is 0 Å². The van der Waals surface area contributed by atoms with Gasteiger partial charge in [-0.2, -0.15) is 5.26 Å². The van der Waals surface area contributed by atoms with E-state index in [0.29, 0.717) is 11.5 Å². The molecule has 0 aliphatic rings. The fraction of sp³-hybridized carbons (Fsp3) is 0.278. The molecule has 2 aromatic rings. The van der Waals surface area contributed by atoms with Crippen LogP contribution in [0.4, 0.5) is 4.39 Å². The van der Waals surface area contributed by atoms with Crippen molar-refractivity contribution in [1.29, 1.82) is 5.26 Å². The molecule has 0 radical (unpaired) electrons. The summed E-state index contributed by atoms with van der Waals surface area (Å²) in [7, 11) is 0. The second kappa shape index (κ2) is 5.57. The maximum atomic E-state index is 13.5. The van der Waals surface area contributed by atoms with E-state index in [1.807, 2.05) is 25.1 Å². The standard InChI is InChI=1S/C18H18FNO/c1-12-5-6-17(16(7-12)18(2,3)4)21-15-9-13(11-20)8-14(19)10-15/h5-10H,1-4H3. The van der Waals surface area contributed by atoms with Crippen molar-refractivity contribution in [2.24, 2.45) is 0 Å². The molecule has 21 heavy (non-hydrogen) atoms. The lowest BCUT2D eigenvalue weighted by Gasteiger charge is -2.23. The number of rotatable bonds is 2. The Labute approximate surface area is 124 Å². The summed E-state index contributed by atoms with van der Waals surface area (Å²) in [5.41, 5.74) is 2.34. The molecule has 3 heteroatoms. The van der Waals surface area contributed by atoms with E-state index >= 15 is 0 Å². The van der Waals surface area contributed by atoms with Crippen LogP contribution >= 0.6 is 0 Å². The molecule has 0 saturated carbocycles. The van der Waals surface area contributed by atoms with Crippen molar-refractivity contribution < 1.29 is 9.13 Å². The first-order valence-corrected chi connectivity index (χ1v) is 6.79. The third-order valence-electron chi connectivity index (χ3n) is 3.17. The third-order valence-corrected chi connectivity index (χ3v) is 3.17. The van der Waals surface area contributed by atoms with Crippen LogP contribution in [0, 0.1) is 24.1 Å². The number of ether oxygens (including phenoxy) is 1. The first kappa shape index (κ1) is 15.1. The van der Waals surface area contributed by atoms with Crippen molar-refractivity contribution in [1.82, 2.24) is 0 Å². The van der Waals surface area contributed by atoms with E-state index in [1.54, 1.807) is 0 Å². The van der Waals surface area contributed by atoms with Gasteiger partial charge in [0.1, 0.15) is 17.3 Å². The smallest absolute Gasteiger partial charge is 0.131 e. The van der Waals surface area contributed by atoms with Gasteiger partial charge in [0.05, 0.1) is 11.6 Å². The van der Waals surface area contributed by atoms with Gasteiger partial charge in [-0.3, -0.25) is 0 Å². The molecule has 0 aromatic heterocycles. The molecule has 0 N–H and O–H groups in total. The lowest BCUT2D eigenvalue weighted by atomic mass is 9.85. The Kier molecular flexibility index (Phi) is 3.99. The highest BCUT2D eigenvalue weighted by Gasteiger charge is 2.19. The highest BCUT2D eigenvalue weighted by molar-refractivity contribution is 5.45. The number of halogens is 1. The molecule has 108 valence electrons. The molecule has 0 bridgehead atoms. The lowest BCUT2D eigenvalue weighted by molar-refractivity contribution is 0.451. The molecule has 0 amide bonds. The Bertz CT molecular complexity index is 708. The maximum absolute atomic E-state index is 13.5. The molecular formula is C18H18FNO. The van der Waals surface area contributed by atoms with Crippen LogP contribution in [0.2, 0.25) is 0 Å². The first-order chi connectivity index (χ1) is 9.79. The van der Waals surface area contributed by atoms with E-state index in [9.17, 15) is 4.39 Å². The monoisotopic (exact) mass is 283 g/mol. The summed E-state index contributed by atoms with van der Waals surface area (Å²) in [4.78, 5) is 0. The van der Waals surface area contributed by atoms with Crippen molar-refractivity contribution in [2.75, 3.05) is 0 Å². The van der Waals surface area contributed by atoms with Crippen LogP contribution in [-0.4, -0.2) is 0 Å². The summed E-state index contributed by atoms with van der Waals surface area (Å²) in [5.74, 6) is 0.539. The van der Waals surface area contributed by atoms with Gasteiger partial charge in [-0.05, 0) is 30.5 Å². The quantitative estimate of drug-likeness (QED) is 0.768. The van der Waals surface area contributed by atoms with Gasteiger partial charge in [-0.15, -0.1) is 0 Å². The molecule has 0 aliphatic carbocycles. The van der Waals surface area contributed by atoms with Crippen molar-refractivity contribution in [3.63, 3.8) is 0 Å². The molecule has 2 aromatic carbocycles. The summed E-state index contributed by atoms with van der Waals surface area (Å²) in [6.45, 7) is 8.32. The summed E-state index contributed by atoms with van der Waals surface area (Å²) in [5, 5.41) is 8.90. The number of aryl methyl sites for hydroxylation is 1. The predicted molar refractivity (Wildman–Crippen MR) is 81.1 cm³/mol. The topological polar surface area (TPSA) is 33.0 Å². The van der Waals surface area contributed by atoms with E-state index in [4.69, 9.17) is 10.00 Å². The summed E-state index contributed by atoms with van der Waals surface area (Å²) in [6, 6.07) is 11.8. The highest BCUT2D eigenvalue weighted by atomic mass is 19.1. The maximum Gasteiger partial charge on any atom is 0.131 e. The van der Waals surface area contributed by atoms with Crippen LogP contribution in [-0.2, 0) is 5.41 Å². The molecular weight excluding hydrogens is 265 g/mol. The molecule has 0 unspecified atom stereocenters. The van der Waals surface area contributed by atoms with Crippen LogP contribution in [0.25, 0.3) is 0 Å². The van der Waals surface area contributed by atoms with Crippen LogP contribution < -0.4 is 4.74 Å². The predicted octanol–water partition coefficient (Wildman–Crippen LogP) is 5.10. The number of nitrogens with zero attached hydrogens (tertiary/aromatic N) is 1. The molecule has 0 spiro atoms. The number of nitriles is 1. The molecule has 0 aliphatic heterocycles. The van der Waals surface area contributed by atoms with Crippen molar-refractivity contribution in [3.05, 3.63) is 58.9 Å². The Morgan fingerprint density at radius 1 is 1.10 bits per heavy atom. The number of hydrogen-bond acceptors (Lipinski definition) is 2. The Balaban J connectivity index is 2.45. The van der Waals surface area contributed by atoms with Crippen molar-refractivity contribution in [3.8, 4) is 17.6 Å². The van der Waals surface area contributed by atoms with Crippen molar-refractivity contribution in [2.45, 2.75) is 33.1 Å². The largest absolute Gasteiger partial charge is 0.457 e. The number of hydrogen-bond donors (Lipinski definition) is 0. The summed E-state index contributed by atoms with van der Waals surface area (Å²) >= 11 is 0. The molecule has 0 atom stereocenters. The summed E-state index contributed by atoms with van der Waals surface area (Å²) < 4.78 is 19.3. The Hall–Kier alpha value is -2.34. The molecule has 0 fully saturated rings. The van der Waals surface area contributed by atoms with Crippen molar-refractivity contribution >= 4 is 0 Å². The minimum Gasteiger partial charge on any atom is -0.457 e. The minimum absolute atomic E-state index is 0.0905. The van der Waals surface area contributed by atoms with Gasteiger partial charge in [0, 0.05) is 11.6 Å². The molecule has 2 nitrogen and oxygen atoms in total. The van der Waals surface area contributed by atoms with Gasteiger partial charge in [-0.25, -0.2) is 4.39 Å². The first-order valence-electron chi connectivity index (χ1n) is 6.79. The van der Waals surface area contributed by atoms with Gasteiger partial charge in [0.2, 0.25) is 0 Å². The third kappa shape index (κ3) is 3.61. The van der Waals surface area contributed by atoms with Crippen LogP contribution in [0.1, 0.15) is 37.5 Å². The molecule has 2 rings (SSSR count). The Morgan fingerprint density at radius 3 is 2.43 bits per heavy atom. The summed E-state index contributed by atoms with van der Waals surface area (Å²) in [6.07, 6.45) is 0. The van der Waals surface area contributed by atoms with E-state index < -0.39 is 5.82 Å². The molecule has 0 saturated heterocycles. The average molecular weight is 283 g/mol.